The Morgan fingerprint density at radius 1 is 1.08 bits per heavy atom. The molecule has 0 aliphatic heterocycles. The quantitative estimate of drug-likeness (QED) is 0.722. The fraction of sp³-hybridized carbons (Fsp3) is 0.300. The standard InChI is InChI=1S/C20H23BrN2O3/c1-13(2)18(23-19(24)15-9-5-6-10-16(15)21)20(25)22-12-14-8-4-7-11-17(14)26-3/h4-11,13,18H,12H2,1-3H3,(H,22,25)(H,23,24). The molecule has 0 heterocycles. The van der Waals surface area contributed by atoms with Gasteiger partial charge in [-0.1, -0.05) is 44.2 Å². The first-order valence-corrected chi connectivity index (χ1v) is 9.18. The van der Waals surface area contributed by atoms with Gasteiger partial charge >= 0.3 is 0 Å². The minimum atomic E-state index is -0.635. The van der Waals surface area contributed by atoms with Crippen molar-refractivity contribution in [1.29, 1.82) is 0 Å². The van der Waals surface area contributed by atoms with Crippen molar-refractivity contribution in [2.24, 2.45) is 5.92 Å². The summed E-state index contributed by atoms with van der Waals surface area (Å²) in [6.07, 6.45) is 0. The Balaban J connectivity index is 2.05. The Morgan fingerprint density at radius 3 is 2.38 bits per heavy atom. The highest BCUT2D eigenvalue weighted by Crippen LogP contribution is 2.18. The smallest absolute Gasteiger partial charge is 0.253 e. The molecule has 0 fully saturated rings. The number of carbonyl (C=O) groups excluding carboxylic acids is 2. The van der Waals surface area contributed by atoms with Gasteiger partial charge in [-0.25, -0.2) is 0 Å². The first kappa shape index (κ1) is 20.0. The second-order valence-corrected chi connectivity index (χ2v) is 7.06. The molecule has 138 valence electrons. The third-order valence-corrected chi connectivity index (χ3v) is 4.69. The van der Waals surface area contributed by atoms with Crippen LogP contribution < -0.4 is 15.4 Å². The predicted octanol–water partition coefficient (Wildman–Crippen LogP) is 3.53. The van der Waals surface area contributed by atoms with Gasteiger partial charge in [-0.15, -0.1) is 0 Å². The van der Waals surface area contributed by atoms with Gasteiger partial charge in [0.1, 0.15) is 11.8 Å². The van der Waals surface area contributed by atoms with Gasteiger partial charge in [0.05, 0.1) is 12.7 Å². The van der Waals surface area contributed by atoms with Crippen molar-refractivity contribution in [3.8, 4) is 5.75 Å². The maximum atomic E-state index is 12.6. The number of carbonyl (C=O) groups is 2. The molecule has 26 heavy (non-hydrogen) atoms. The summed E-state index contributed by atoms with van der Waals surface area (Å²) in [5.74, 6) is 0.139. The molecule has 2 rings (SSSR count). The maximum absolute atomic E-state index is 12.6. The van der Waals surface area contributed by atoms with Gasteiger partial charge in [0, 0.05) is 16.6 Å². The fourth-order valence-corrected chi connectivity index (χ4v) is 3.01. The van der Waals surface area contributed by atoms with Crippen LogP contribution in [-0.4, -0.2) is 25.0 Å². The van der Waals surface area contributed by atoms with Crippen LogP contribution in [0.2, 0.25) is 0 Å². The predicted molar refractivity (Wildman–Crippen MR) is 105 cm³/mol. The molecule has 0 aliphatic carbocycles. The minimum absolute atomic E-state index is 0.0564. The summed E-state index contributed by atoms with van der Waals surface area (Å²) in [6, 6.07) is 14.0. The zero-order chi connectivity index (χ0) is 19.1. The van der Waals surface area contributed by atoms with Crippen molar-refractivity contribution in [3.63, 3.8) is 0 Å². The summed E-state index contributed by atoms with van der Waals surface area (Å²) in [7, 11) is 1.59. The summed E-state index contributed by atoms with van der Waals surface area (Å²) in [4.78, 5) is 25.1. The van der Waals surface area contributed by atoms with Crippen LogP contribution in [0, 0.1) is 5.92 Å². The summed E-state index contributed by atoms with van der Waals surface area (Å²) < 4.78 is 5.98. The summed E-state index contributed by atoms with van der Waals surface area (Å²) >= 11 is 3.36. The molecule has 0 aromatic heterocycles. The molecule has 2 N–H and O–H groups in total. The number of amides is 2. The van der Waals surface area contributed by atoms with Crippen molar-refractivity contribution in [3.05, 3.63) is 64.1 Å². The molecule has 6 heteroatoms. The van der Waals surface area contributed by atoms with E-state index in [1.54, 1.807) is 25.3 Å². The summed E-state index contributed by atoms with van der Waals surface area (Å²) in [5, 5.41) is 5.71. The number of hydrogen-bond acceptors (Lipinski definition) is 3. The molecule has 2 aromatic carbocycles. The molecular formula is C20H23BrN2O3. The largest absolute Gasteiger partial charge is 0.496 e. The lowest BCUT2D eigenvalue weighted by Crippen LogP contribution is -2.49. The number of halogens is 1. The number of rotatable bonds is 7. The van der Waals surface area contributed by atoms with Gasteiger partial charge in [0.25, 0.3) is 5.91 Å². The van der Waals surface area contributed by atoms with E-state index in [9.17, 15) is 9.59 Å². The third-order valence-electron chi connectivity index (χ3n) is 4.00. The van der Waals surface area contributed by atoms with E-state index in [1.165, 1.54) is 0 Å². The van der Waals surface area contributed by atoms with Crippen molar-refractivity contribution in [2.75, 3.05) is 7.11 Å². The third kappa shape index (κ3) is 5.08. The lowest BCUT2D eigenvalue weighted by molar-refractivity contribution is -0.124. The van der Waals surface area contributed by atoms with E-state index in [4.69, 9.17) is 4.74 Å². The van der Waals surface area contributed by atoms with E-state index in [2.05, 4.69) is 26.6 Å². The van der Waals surface area contributed by atoms with Gasteiger partial charge in [0.2, 0.25) is 5.91 Å². The van der Waals surface area contributed by atoms with Gasteiger partial charge in [-0.2, -0.15) is 0 Å². The average Bonchev–Trinajstić information content (AvgIpc) is 2.64. The van der Waals surface area contributed by atoms with Gasteiger partial charge < -0.3 is 15.4 Å². The van der Waals surface area contributed by atoms with E-state index < -0.39 is 6.04 Å². The number of para-hydroxylation sites is 1. The van der Waals surface area contributed by atoms with E-state index >= 15 is 0 Å². The van der Waals surface area contributed by atoms with Crippen molar-refractivity contribution in [1.82, 2.24) is 10.6 Å². The Hall–Kier alpha value is -2.34. The highest BCUT2D eigenvalue weighted by molar-refractivity contribution is 9.10. The molecule has 0 aliphatic rings. The zero-order valence-electron chi connectivity index (χ0n) is 15.1. The van der Waals surface area contributed by atoms with Crippen LogP contribution in [0.1, 0.15) is 29.8 Å². The van der Waals surface area contributed by atoms with Crippen molar-refractivity contribution in [2.45, 2.75) is 26.4 Å². The van der Waals surface area contributed by atoms with E-state index in [-0.39, 0.29) is 17.7 Å². The molecule has 0 saturated carbocycles. The SMILES string of the molecule is COc1ccccc1CNC(=O)C(NC(=O)c1ccccc1Br)C(C)C. The number of ether oxygens (including phenoxy) is 1. The Morgan fingerprint density at radius 2 is 1.73 bits per heavy atom. The van der Waals surface area contributed by atoms with E-state index in [1.807, 2.05) is 44.2 Å². The number of benzene rings is 2. The van der Waals surface area contributed by atoms with Crippen LogP contribution in [-0.2, 0) is 11.3 Å². The highest BCUT2D eigenvalue weighted by atomic mass is 79.9. The van der Waals surface area contributed by atoms with E-state index in [0.717, 1.165) is 5.56 Å². The second kappa shape index (κ2) is 9.38. The molecule has 2 amide bonds. The first-order valence-electron chi connectivity index (χ1n) is 8.39. The zero-order valence-corrected chi connectivity index (χ0v) is 16.7. The van der Waals surface area contributed by atoms with Crippen LogP contribution in [0.4, 0.5) is 0 Å². The van der Waals surface area contributed by atoms with Crippen molar-refractivity contribution >= 4 is 27.7 Å². The number of nitrogens with one attached hydrogen (secondary N) is 2. The van der Waals surface area contributed by atoms with Crippen LogP contribution in [0.5, 0.6) is 5.75 Å². The molecule has 2 aromatic rings. The van der Waals surface area contributed by atoms with Crippen LogP contribution >= 0.6 is 15.9 Å². The highest BCUT2D eigenvalue weighted by Gasteiger charge is 2.25. The molecule has 5 nitrogen and oxygen atoms in total. The average molecular weight is 419 g/mol. The number of hydrogen-bond donors (Lipinski definition) is 2. The first-order chi connectivity index (χ1) is 12.4. The van der Waals surface area contributed by atoms with Crippen molar-refractivity contribution < 1.29 is 14.3 Å². The summed E-state index contributed by atoms with van der Waals surface area (Å²) in [6.45, 7) is 4.12. The molecule has 0 bridgehead atoms. The minimum Gasteiger partial charge on any atom is -0.496 e. The Bertz CT molecular complexity index is 777. The maximum Gasteiger partial charge on any atom is 0.253 e. The monoisotopic (exact) mass is 418 g/mol. The lowest BCUT2D eigenvalue weighted by Gasteiger charge is -2.22. The van der Waals surface area contributed by atoms with Gasteiger partial charge in [0.15, 0.2) is 0 Å². The van der Waals surface area contributed by atoms with Gasteiger partial charge in [-0.05, 0) is 40.0 Å². The molecule has 1 atom stereocenters. The number of methoxy groups -OCH3 is 1. The van der Waals surface area contributed by atoms with Crippen LogP contribution in [0.15, 0.2) is 53.0 Å². The molecular weight excluding hydrogens is 396 g/mol. The summed E-state index contributed by atoms with van der Waals surface area (Å²) in [5.41, 5.74) is 1.37. The topological polar surface area (TPSA) is 67.4 Å². The molecule has 0 radical (unpaired) electrons. The van der Waals surface area contributed by atoms with Crippen LogP contribution in [0.3, 0.4) is 0 Å². The molecule has 0 saturated heterocycles. The normalized spacial score (nSPS) is 11.7. The molecule has 0 spiro atoms. The second-order valence-electron chi connectivity index (χ2n) is 6.20. The lowest BCUT2D eigenvalue weighted by atomic mass is 10.0. The van der Waals surface area contributed by atoms with E-state index in [0.29, 0.717) is 22.3 Å². The molecule has 1 unspecified atom stereocenters. The van der Waals surface area contributed by atoms with Gasteiger partial charge in [-0.3, -0.25) is 9.59 Å². The Kier molecular flexibility index (Phi) is 7.21. The Labute approximate surface area is 162 Å². The fourth-order valence-electron chi connectivity index (χ4n) is 2.54. The van der Waals surface area contributed by atoms with Crippen LogP contribution in [0.25, 0.3) is 0 Å².